The maximum Gasteiger partial charge on any atom is 0.419 e. The second-order valence-corrected chi connectivity index (χ2v) is 11.7. The monoisotopic (exact) mass is 583 g/mol. The molecule has 3 saturated carbocycles. The number of hydrogen-bond donors (Lipinski definition) is 3. The third-order valence-corrected chi connectivity index (χ3v) is 8.91. The molecule has 0 radical (unpaired) electrons. The predicted molar refractivity (Wildman–Crippen MR) is 150 cm³/mol. The lowest BCUT2D eigenvalue weighted by Crippen LogP contribution is -2.49. The Hall–Kier alpha value is -3.66. The first-order valence-electron chi connectivity index (χ1n) is 14.4. The number of hydrogen-bond acceptors (Lipinski definition) is 4. The van der Waals surface area contributed by atoms with Gasteiger partial charge in [0, 0.05) is 24.2 Å². The summed E-state index contributed by atoms with van der Waals surface area (Å²) in [7, 11) is 1.50. The molecule has 0 saturated heterocycles. The van der Waals surface area contributed by atoms with Crippen LogP contribution in [0.15, 0.2) is 54.1 Å². The summed E-state index contributed by atoms with van der Waals surface area (Å²) in [5.74, 6) is -2.11. The third-order valence-electron chi connectivity index (χ3n) is 8.91. The van der Waals surface area contributed by atoms with Crippen LogP contribution in [0.3, 0.4) is 0 Å². The van der Waals surface area contributed by atoms with E-state index in [1.54, 1.807) is 12.1 Å². The highest BCUT2D eigenvalue weighted by Gasteiger charge is 2.54. The van der Waals surface area contributed by atoms with E-state index in [9.17, 15) is 27.2 Å². The normalized spacial score (nSPS) is 26.2. The fourth-order valence-electron chi connectivity index (χ4n) is 6.76. The molecular formula is C32H33F4N3O3. The van der Waals surface area contributed by atoms with E-state index < -0.39 is 35.4 Å². The highest BCUT2D eigenvalue weighted by Crippen LogP contribution is 2.53. The Labute approximate surface area is 241 Å². The summed E-state index contributed by atoms with van der Waals surface area (Å²) in [5, 5.41) is 9.03. The smallest absolute Gasteiger partial charge is 0.419 e. The van der Waals surface area contributed by atoms with Gasteiger partial charge in [0.1, 0.15) is 11.6 Å². The number of halogens is 4. The summed E-state index contributed by atoms with van der Waals surface area (Å²) in [5.41, 5.74) is 1.99. The van der Waals surface area contributed by atoms with Crippen molar-refractivity contribution in [2.75, 3.05) is 25.5 Å². The van der Waals surface area contributed by atoms with Crippen molar-refractivity contribution in [3.63, 3.8) is 0 Å². The van der Waals surface area contributed by atoms with Gasteiger partial charge < -0.3 is 20.7 Å². The number of carbonyl (C=O) groups excluding carboxylic acids is 2. The van der Waals surface area contributed by atoms with Gasteiger partial charge in [-0.2, -0.15) is 13.2 Å². The van der Waals surface area contributed by atoms with E-state index in [0.717, 1.165) is 43.0 Å². The first kappa shape index (κ1) is 28.5. The average molecular weight is 584 g/mol. The lowest BCUT2D eigenvalue weighted by molar-refractivity contribution is -0.140. The van der Waals surface area contributed by atoms with Gasteiger partial charge in [-0.15, -0.1) is 0 Å². The molecule has 4 unspecified atom stereocenters. The fourth-order valence-corrected chi connectivity index (χ4v) is 6.76. The van der Waals surface area contributed by atoms with Crippen LogP contribution in [-0.2, 0) is 11.0 Å². The van der Waals surface area contributed by atoms with Crippen LogP contribution in [0.2, 0.25) is 0 Å². The van der Waals surface area contributed by atoms with Crippen LogP contribution in [0.25, 0.3) is 5.57 Å². The molecule has 0 aromatic heterocycles. The van der Waals surface area contributed by atoms with E-state index in [1.165, 1.54) is 12.7 Å². The molecule has 3 N–H and O–H groups in total. The van der Waals surface area contributed by atoms with E-state index in [4.69, 9.17) is 4.74 Å². The van der Waals surface area contributed by atoms with Crippen LogP contribution < -0.4 is 20.7 Å². The molecule has 222 valence electrons. The lowest BCUT2D eigenvalue weighted by atomic mass is 9.80. The number of ether oxygens (including phenoxy) is 1. The minimum absolute atomic E-state index is 0.0475. The highest BCUT2D eigenvalue weighted by molar-refractivity contribution is 5.99. The van der Waals surface area contributed by atoms with Gasteiger partial charge in [0.2, 0.25) is 5.91 Å². The summed E-state index contributed by atoms with van der Waals surface area (Å²) < 4.78 is 59.2. The summed E-state index contributed by atoms with van der Waals surface area (Å²) in [4.78, 5) is 27.4. The summed E-state index contributed by atoms with van der Waals surface area (Å²) >= 11 is 0. The number of rotatable bonds is 7. The largest absolute Gasteiger partial charge is 0.496 e. The Morgan fingerprint density at radius 3 is 2.62 bits per heavy atom. The number of fused-ring (bicyclic) bond motifs is 2. The van der Waals surface area contributed by atoms with Crippen LogP contribution >= 0.6 is 0 Å². The van der Waals surface area contributed by atoms with Crippen molar-refractivity contribution in [2.45, 2.75) is 44.3 Å². The quantitative estimate of drug-likeness (QED) is 0.278. The number of amides is 2. The first-order valence-corrected chi connectivity index (χ1v) is 14.4. The molecule has 1 heterocycles. The van der Waals surface area contributed by atoms with Crippen LogP contribution in [0.5, 0.6) is 5.75 Å². The maximum absolute atomic E-state index is 13.9. The van der Waals surface area contributed by atoms with Gasteiger partial charge in [-0.25, -0.2) is 4.39 Å². The molecule has 42 heavy (non-hydrogen) atoms. The molecule has 3 aliphatic carbocycles. The SMILES string of the molecule is COc1ccc(C2=CCCNC2)cc1C(=O)NC1C2CC(CC2=CC2CC2)C1C(=O)Nc1ccc(F)c(C(F)(F)F)c1. The van der Waals surface area contributed by atoms with Crippen molar-refractivity contribution in [1.29, 1.82) is 0 Å². The van der Waals surface area contributed by atoms with Gasteiger partial charge in [-0.1, -0.05) is 23.8 Å². The minimum Gasteiger partial charge on any atom is -0.496 e. The average Bonchev–Trinajstić information content (AvgIpc) is 3.60. The third kappa shape index (κ3) is 5.69. The van der Waals surface area contributed by atoms with E-state index in [-0.39, 0.29) is 23.4 Å². The molecular weight excluding hydrogens is 550 g/mol. The zero-order chi connectivity index (χ0) is 29.6. The molecule has 3 fully saturated rings. The molecule has 2 bridgehead atoms. The van der Waals surface area contributed by atoms with Gasteiger partial charge in [0.05, 0.1) is 24.2 Å². The second-order valence-electron chi connectivity index (χ2n) is 11.7. The Morgan fingerprint density at radius 1 is 1.12 bits per heavy atom. The number of anilines is 1. The predicted octanol–water partition coefficient (Wildman–Crippen LogP) is 5.96. The van der Waals surface area contributed by atoms with Crippen LogP contribution in [0.1, 0.15) is 53.6 Å². The van der Waals surface area contributed by atoms with Gasteiger partial charge in [0.15, 0.2) is 0 Å². The molecule has 6 rings (SSSR count). The first-order chi connectivity index (χ1) is 20.1. The molecule has 1 aliphatic heterocycles. The van der Waals surface area contributed by atoms with Gasteiger partial charge in [-0.3, -0.25) is 9.59 Å². The number of methoxy groups -OCH3 is 1. The molecule has 2 amide bonds. The molecule has 4 atom stereocenters. The molecule has 10 heteroatoms. The number of nitrogens with one attached hydrogen (secondary N) is 3. The van der Waals surface area contributed by atoms with Crippen molar-refractivity contribution in [1.82, 2.24) is 10.6 Å². The van der Waals surface area contributed by atoms with E-state index in [0.29, 0.717) is 48.8 Å². The van der Waals surface area contributed by atoms with E-state index in [2.05, 4.69) is 28.1 Å². The fraction of sp³-hybridized carbons (Fsp3) is 0.438. The van der Waals surface area contributed by atoms with E-state index in [1.807, 2.05) is 6.07 Å². The summed E-state index contributed by atoms with van der Waals surface area (Å²) in [6.07, 6.45) is 4.08. The topological polar surface area (TPSA) is 79.5 Å². The van der Waals surface area contributed by atoms with Crippen molar-refractivity contribution < 1.29 is 31.9 Å². The zero-order valence-corrected chi connectivity index (χ0v) is 23.2. The Kier molecular flexibility index (Phi) is 7.59. The summed E-state index contributed by atoms with van der Waals surface area (Å²) in [6.45, 7) is 1.59. The number of benzene rings is 2. The second kappa shape index (κ2) is 11.2. The Bertz CT molecular complexity index is 1460. The van der Waals surface area contributed by atoms with Crippen LogP contribution in [-0.4, -0.2) is 38.1 Å². The maximum atomic E-state index is 13.9. The number of allylic oxidation sites excluding steroid dienone is 1. The van der Waals surface area contributed by atoms with Crippen molar-refractivity contribution >= 4 is 23.1 Å². The standard InChI is InChI=1S/C32H33F4N3O3/c1-42-27-9-6-18(19-3-2-10-37-16-19)13-24(27)30(40)39-29-23-14-21(12-20(23)11-17-4-5-17)28(29)31(41)38-22-7-8-26(33)25(15-22)32(34,35)36/h3,6-9,11,13,15,17,21,23,28-29,37H,2,4-5,10,12,14,16H2,1H3,(H,38,41)(H,39,40). The summed E-state index contributed by atoms with van der Waals surface area (Å²) in [6, 6.07) is 7.35. The van der Waals surface area contributed by atoms with Gasteiger partial charge >= 0.3 is 6.18 Å². The highest BCUT2D eigenvalue weighted by atomic mass is 19.4. The van der Waals surface area contributed by atoms with Crippen LogP contribution in [0, 0.1) is 29.5 Å². The Balaban J connectivity index is 1.28. The molecule has 2 aromatic carbocycles. The molecule has 2 aromatic rings. The van der Waals surface area contributed by atoms with Gasteiger partial charge in [-0.05, 0) is 92.0 Å². The molecule has 0 spiro atoms. The molecule has 4 aliphatic rings. The van der Waals surface area contributed by atoms with Crippen molar-refractivity contribution in [2.24, 2.45) is 23.7 Å². The van der Waals surface area contributed by atoms with Crippen molar-refractivity contribution in [3.05, 3.63) is 76.6 Å². The number of carbonyl (C=O) groups is 2. The number of alkyl halides is 3. The van der Waals surface area contributed by atoms with Gasteiger partial charge in [0.25, 0.3) is 5.91 Å². The molecule has 6 nitrogen and oxygen atoms in total. The van der Waals surface area contributed by atoms with Crippen molar-refractivity contribution in [3.8, 4) is 5.75 Å². The van der Waals surface area contributed by atoms with E-state index >= 15 is 0 Å². The minimum atomic E-state index is -4.90. The zero-order valence-electron chi connectivity index (χ0n) is 23.2. The Morgan fingerprint density at radius 2 is 1.93 bits per heavy atom. The van der Waals surface area contributed by atoms with Crippen LogP contribution in [0.4, 0.5) is 23.2 Å². The lowest BCUT2D eigenvalue weighted by Gasteiger charge is -2.33.